The SMILES string of the molecule is CCN(CC1CC1)C(=O)c1nn(-c2ccccc2)c2c1CCCCC2. The zero-order valence-electron chi connectivity index (χ0n) is 15.1. The van der Waals surface area contributed by atoms with Gasteiger partial charge in [-0.3, -0.25) is 4.79 Å². The first-order valence-corrected chi connectivity index (χ1v) is 9.73. The highest BCUT2D eigenvalue weighted by atomic mass is 16.2. The smallest absolute Gasteiger partial charge is 0.274 e. The minimum atomic E-state index is 0.127. The van der Waals surface area contributed by atoms with E-state index in [-0.39, 0.29) is 5.91 Å². The highest BCUT2D eigenvalue weighted by molar-refractivity contribution is 5.94. The van der Waals surface area contributed by atoms with Crippen molar-refractivity contribution in [2.24, 2.45) is 5.92 Å². The third kappa shape index (κ3) is 3.35. The molecule has 2 aromatic rings. The minimum Gasteiger partial charge on any atom is -0.337 e. The van der Waals surface area contributed by atoms with E-state index in [1.54, 1.807) is 0 Å². The molecule has 0 spiro atoms. The lowest BCUT2D eigenvalue weighted by atomic mass is 10.1. The van der Waals surface area contributed by atoms with Gasteiger partial charge in [-0.05, 0) is 63.5 Å². The molecule has 0 N–H and O–H groups in total. The highest BCUT2D eigenvalue weighted by Crippen LogP contribution is 2.31. The first kappa shape index (κ1) is 16.4. The second-order valence-electron chi connectivity index (χ2n) is 7.37. The van der Waals surface area contributed by atoms with Gasteiger partial charge in [0.1, 0.15) is 0 Å². The van der Waals surface area contributed by atoms with Gasteiger partial charge in [-0.25, -0.2) is 4.68 Å². The highest BCUT2D eigenvalue weighted by Gasteiger charge is 2.30. The molecular formula is C21H27N3O. The lowest BCUT2D eigenvalue weighted by molar-refractivity contribution is 0.0749. The van der Waals surface area contributed by atoms with Gasteiger partial charge in [-0.2, -0.15) is 5.10 Å². The molecule has 0 saturated heterocycles. The molecule has 1 fully saturated rings. The molecule has 25 heavy (non-hydrogen) atoms. The number of aromatic nitrogens is 2. The summed E-state index contributed by atoms with van der Waals surface area (Å²) in [6, 6.07) is 10.2. The Labute approximate surface area is 149 Å². The van der Waals surface area contributed by atoms with Crippen LogP contribution in [0.25, 0.3) is 5.69 Å². The van der Waals surface area contributed by atoms with Gasteiger partial charge in [0.25, 0.3) is 5.91 Å². The normalized spacial score (nSPS) is 17.0. The molecule has 0 unspecified atom stereocenters. The molecule has 1 saturated carbocycles. The fraction of sp³-hybridized carbons (Fsp3) is 0.524. The molecule has 2 aliphatic rings. The van der Waals surface area contributed by atoms with Crippen molar-refractivity contribution in [2.75, 3.05) is 13.1 Å². The summed E-state index contributed by atoms with van der Waals surface area (Å²) in [5.74, 6) is 0.834. The molecule has 4 rings (SSSR count). The van der Waals surface area contributed by atoms with Crippen LogP contribution in [0, 0.1) is 5.92 Å². The van der Waals surface area contributed by atoms with Crippen molar-refractivity contribution in [3.63, 3.8) is 0 Å². The average molecular weight is 337 g/mol. The van der Waals surface area contributed by atoms with E-state index in [2.05, 4.69) is 19.1 Å². The topological polar surface area (TPSA) is 38.1 Å². The van der Waals surface area contributed by atoms with Gasteiger partial charge < -0.3 is 4.90 Å². The van der Waals surface area contributed by atoms with Crippen LogP contribution in [0.3, 0.4) is 0 Å². The Bertz CT molecular complexity index is 746. The van der Waals surface area contributed by atoms with Crippen LogP contribution < -0.4 is 0 Å². The van der Waals surface area contributed by atoms with Crippen molar-refractivity contribution in [3.05, 3.63) is 47.3 Å². The van der Waals surface area contributed by atoms with Crippen molar-refractivity contribution in [1.82, 2.24) is 14.7 Å². The summed E-state index contributed by atoms with van der Waals surface area (Å²) in [6.07, 6.45) is 8.09. The molecule has 2 aliphatic carbocycles. The second kappa shape index (κ2) is 7.03. The average Bonchev–Trinajstić information content (AvgIpc) is 3.44. The van der Waals surface area contributed by atoms with E-state index in [1.165, 1.54) is 36.9 Å². The molecule has 0 aliphatic heterocycles. The molecule has 0 radical (unpaired) electrons. The van der Waals surface area contributed by atoms with E-state index >= 15 is 0 Å². The number of amides is 1. The molecule has 4 nitrogen and oxygen atoms in total. The first-order chi connectivity index (χ1) is 12.3. The van der Waals surface area contributed by atoms with Crippen LogP contribution in [0.5, 0.6) is 0 Å². The summed E-state index contributed by atoms with van der Waals surface area (Å²) < 4.78 is 2.03. The molecule has 4 heteroatoms. The van der Waals surface area contributed by atoms with Crippen LogP contribution in [-0.2, 0) is 12.8 Å². The van der Waals surface area contributed by atoms with Crippen LogP contribution >= 0.6 is 0 Å². The molecule has 132 valence electrons. The zero-order valence-corrected chi connectivity index (χ0v) is 15.1. The van der Waals surface area contributed by atoms with Crippen LogP contribution in [0.1, 0.15) is 60.8 Å². The maximum absolute atomic E-state index is 13.2. The van der Waals surface area contributed by atoms with Crippen LogP contribution in [0.15, 0.2) is 30.3 Å². The van der Waals surface area contributed by atoms with Crippen LogP contribution in [-0.4, -0.2) is 33.7 Å². The van der Waals surface area contributed by atoms with Gasteiger partial charge in [-0.15, -0.1) is 0 Å². The van der Waals surface area contributed by atoms with Crippen molar-refractivity contribution in [1.29, 1.82) is 0 Å². The van der Waals surface area contributed by atoms with Crippen molar-refractivity contribution >= 4 is 5.91 Å². The second-order valence-corrected chi connectivity index (χ2v) is 7.37. The number of para-hydroxylation sites is 1. The fourth-order valence-corrected chi connectivity index (χ4v) is 3.85. The number of hydrogen-bond acceptors (Lipinski definition) is 2. The number of fused-ring (bicyclic) bond motifs is 1. The monoisotopic (exact) mass is 337 g/mol. The third-order valence-electron chi connectivity index (χ3n) is 5.48. The molecule has 1 heterocycles. The van der Waals surface area contributed by atoms with Gasteiger partial charge in [0.2, 0.25) is 0 Å². The molecule has 1 aromatic heterocycles. The van der Waals surface area contributed by atoms with Gasteiger partial charge in [0, 0.05) is 24.3 Å². The van der Waals surface area contributed by atoms with Gasteiger partial charge >= 0.3 is 0 Å². The number of hydrogen-bond donors (Lipinski definition) is 0. The van der Waals surface area contributed by atoms with E-state index < -0.39 is 0 Å². The molecular weight excluding hydrogens is 310 g/mol. The summed E-state index contributed by atoms with van der Waals surface area (Å²) in [6.45, 7) is 3.73. The number of rotatable bonds is 5. The Kier molecular flexibility index (Phi) is 4.60. The van der Waals surface area contributed by atoms with E-state index in [0.29, 0.717) is 11.6 Å². The number of carbonyl (C=O) groups excluding carboxylic acids is 1. The third-order valence-corrected chi connectivity index (χ3v) is 5.48. The van der Waals surface area contributed by atoms with Gasteiger partial charge in [-0.1, -0.05) is 24.6 Å². The predicted octanol–water partition coefficient (Wildman–Crippen LogP) is 4.01. The number of nitrogens with zero attached hydrogens (tertiary/aromatic N) is 3. The van der Waals surface area contributed by atoms with Gasteiger partial charge in [0.15, 0.2) is 5.69 Å². The quantitative estimate of drug-likeness (QED) is 0.773. The Morgan fingerprint density at radius 1 is 1.16 bits per heavy atom. The van der Waals surface area contributed by atoms with E-state index in [0.717, 1.165) is 38.0 Å². The summed E-state index contributed by atoms with van der Waals surface area (Å²) in [5, 5.41) is 4.83. The Balaban J connectivity index is 1.74. The maximum Gasteiger partial charge on any atom is 0.274 e. The van der Waals surface area contributed by atoms with Crippen molar-refractivity contribution in [2.45, 2.75) is 51.9 Å². The molecule has 0 atom stereocenters. The van der Waals surface area contributed by atoms with Gasteiger partial charge in [0.05, 0.1) is 5.69 Å². The number of carbonyl (C=O) groups is 1. The summed E-state index contributed by atoms with van der Waals surface area (Å²) in [5.41, 5.74) is 4.20. The summed E-state index contributed by atoms with van der Waals surface area (Å²) in [4.78, 5) is 15.2. The zero-order chi connectivity index (χ0) is 17.2. The fourth-order valence-electron chi connectivity index (χ4n) is 3.85. The van der Waals surface area contributed by atoms with E-state index in [9.17, 15) is 4.79 Å². The first-order valence-electron chi connectivity index (χ1n) is 9.73. The Hall–Kier alpha value is -2.10. The predicted molar refractivity (Wildman–Crippen MR) is 99.1 cm³/mol. The molecule has 1 amide bonds. The Morgan fingerprint density at radius 2 is 1.92 bits per heavy atom. The van der Waals surface area contributed by atoms with Crippen LogP contribution in [0.2, 0.25) is 0 Å². The largest absolute Gasteiger partial charge is 0.337 e. The lowest BCUT2D eigenvalue weighted by Gasteiger charge is -2.20. The van der Waals surface area contributed by atoms with Crippen LogP contribution in [0.4, 0.5) is 0 Å². The van der Waals surface area contributed by atoms with Crippen molar-refractivity contribution < 1.29 is 4.79 Å². The van der Waals surface area contributed by atoms with E-state index in [4.69, 9.17) is 5.10 Å². The molecule has 0 bridgehead atoms. The summed E-state index contributed by atoms with van der Waals surface area (Å²) >= 11 is 0. The van der Waals surface area contributed by atoms with E-state index in [1.807, 2.05) is 27.8 Å². The summed E-state index contributed by atoms with van der Waals surface area (Å²) in [7, 11) is 0. The molecule has 1 aromatic carbocycles. The lowest BCUT2D eigenvalue weighted by Crippen LogP contribution is -2.33. The minimum absolute atomic E-state index is 0.127. The number of benzene rings is 1. The Morgan fingerprint density at radius 3 is 2.64 bits per heavy atom. The maximum atomic E-state index is 13.2. The van der Waals surface area contributed by atoms with Crippen molar-refractivity contribution in [3.8, 4) is 5.69 Å². The standard InChI is InChI=1S/C21H27N3O/c1-2-23(15-16-13-14-16)21(25)20-18-11-7-4-8-12-19(18)24(22-20)17-9-5-3-6-10-17/h3,5-6,9-10,16H,2,4,7-8,11-15H2,1H3.